The van der Waals surface area contributed by atoms with Crippen molar-refractivity contribution in [1.29, 1.82) is 0 Å². The van der Waals surface area contributed by atoms with Crippen LogP contribution in [0.2, 0.25) is 0 Å². The zero-order chi connectivity index (χ0) is 19.2. The van der Waals surface area contributed by atoms with E-state index in [1.54, 1.807) is 28.9 Å². The maximum atomic E-state index is 5.70. The maximum Gasteiger partial charge on any atom is 0.197 e. The molecule has 6 aromatic rings. The first-order chi connectivity index (χ1) is 14.3. The highest BCUT2D eigenvalue weighted by molar-refractivity contribution is 7.17. The smallest absolute Gasteiger partial charge is 0.197 e. The molecule has 0 spiro atoms. The molecular formula is C20H12N6OS2. The molecule has 0 amide bonds. The lowest BCUT2D eigenvalue weighted by Crippen LogP contribution is -2.00. The maximum absolute atomic E-state index is 5.70. The molecule has 0 fully saturated rings. The SMILES string of the molecule is c1cc2c(Nc3ccc4scnc4c3)nnc(Nc3ccc4ncsc4c3)c2o1. The van der Waals surface area contributed by atoms with Gasteiger partial charge in [0.05, 0.1) is 43.1 Å². The first-order valence-corrected chi connectivity index (χ1v) is 10.5. The van der Waals surface area contributed by atoms with Crippen molar-refractivity contribution in [1.82, 2.24) is 20.2 Å². The lowest BCUT2D eigenvalue weighted by molar-refractivity contribution is 0.615. The molecule has 0 saturated carbocycles. The second-order valence-corrected chi connectivity index (χ2v) is 8.15. The summed E-state index contributed by atoms with van der Waals surface area (Å²) in [5.74, 6) is 1.20. The van der Waals surface area contributed by atoms with Crippen molar-refractivity contribution in [3.05, 3.63) is 59.7 Å². The number of furan rings is 1. The van der Waals surface area contributed by atoms with E-state index in [-0.39, 0.29) is 0 Å². The molecule has 2 N–H and O–H groups in total. The number of rotatable bonds is 4. The Bertz CT molecular complexity index is 1370. The summed E-state index contributed by atoms with van der Waals surface area (Å²) in [6.07, 6.45) is 1.64. The number of thiazole rings is 2. The van der Waals surface area contributed by atoms with Crippen LogP contribution in [0.1, 0.15) is 0 Å². The van der Waals surface area contributed by atoms with Crippen molar-refractivity contribution in [3.8, 4) is 0 Å². The predicted octanol–water partition coefficient (Wildman–Crippen LogP) is 5.93. The van der Waals surface area contributed by atoms with E-state index in [0.29, 0.717) is 17.2 Å². The van der Waals surface area contributed by atoms with Crippen molar-refractivity contribution in [3.63, 3.8) is 0 Å². The van der Waals surface area contributed by atoms with E-state index in [1.807, 2.05) is 53.5 Å². The van der Waals surface area contributed by atoms with Gasteiger partial charge in [0.2, 0.25) is 0 Å². The standard InChI is InChI=1S/C20H12N6OS2/c1-3-14-17(29-9-21-14)8-12(1)24-20-18-13(5-6-27-18)19(25-26-20)23-11-2-4-16-15(7-11)22-10-28-16/h1-10H,(H,23,25)(H,24,26). The Morgan fingerprint density at radius 2 is 1.48 bits per heavy atom. The molecule has 0 aliphatic heterocycles. The lowest BCUT2D eigenvalue weighted by atomic mass is 10.2. The van der Waals surface area contributed by atoms with Gasteiger partial charge in [0.1, 0.15) is 0 Å². The fraction of sp³-hybridized carbons (Fsp3) is 0. The van der Waals surface area contributed by atoms with Gasteiger partial charge in [0.15, 0.2) is 17.2 Å². The van der Waals surface area contributed by atoms with E-state index < -0.39 is 0 Å². The van der Waals surface area contributed by atoms with Crippen LogP contribution in [0.15, 0.2) is 64.2 Å². The minimum atomic E-state index is 0.564. The Balaban J connectivity index is 1.35. The summed E-state index contributed by atoms with van der Waals surface area (Å²) in [5, 5.41) is 16.2. The number of aromatic nitrogens is 4. The van der Waals surface area contributed by atoms with Crippen molar-refractivity contribution in [2.45, 2.75) is 0 Å². The Labute approximate surface area is 172 Å². The molecule has 7 nitrogen and oxygen atoms in total. The van der Waals surface area contributed by atoms with Gasteiger partial charge < -0.3 is 15.1 Å². The average Bonchev–Trinajstić information content (AvgIpc) is 3.49. The van der Waals surface area contributed by atoms with Crippen molar-refractivity contribution < 1.29 is 4.42 Å². The summed E-state index contributed by atoms with van der Waals surface area (Å²) in [7, 11) is 0. The fourth-order valence-electron chi connectivity index (χ4n) is 3.19. The summed E-state index contributed by atoms with van der Waals surface area (Å²) in [5.41, 5.74) is 8.05. The van der Waals surface area contributed by atoms with E-state index in [4.69, 9.17) is 4.42 Å². The van der Waals surface area contributed by atoms with Crippen LogP contribution in [0.3, 0.4) is 0 Å². The highest BCUT2D eigenvalue weighted by Crippen LogP contribution is 2.32. The third kappa shape index (κ3) is 2.87. The Hall–Kier alpha value is -3.56. The van der Waals surface area contributed by atoms with Gasteiger partial charge in [-0.1, -0.05) is 0 Å². The minimum Gasteiger partial charge on any atom is -0.460 e. The van der Waals surface area contributed by atoms with Crippen molar-refractivity contribution in [2.24, 2.45) is 0 Å². The minimum absolute atomic E-state index is 0.564. The lowest BCUT2D eigenvalue weighted by Gasteiger charge is -2.09. The number of nitrogens with zero attached hydrogens (tertiary/aromatic N) is 4. The monoisotopic (exact) mass is 416 g/mol. The van der Waals surface area contributed by atoms with Crippen LogP contribution >= 0.6 is 22.7 Å². The molecule has 0 saturated heterocycles. The topological polar surface area (TPSA) is 88.8 Å². The van der Waals surface area contributed by atoms with Crippen LogP contribution in [0.25, 0.3) is 31.4 Å². The number of nitrogens with one attached hydrogen (secondary N) is 2. The van der Waals surface area contributed by atoms with Gasteiger partial charge in [-0.25, -0.2) is 9.97 Å². The predicted molar refractivity (Wildman–Crippen MR) is 118 cm³/mol. The first kappa shape index (κ1) is 16.4. The molecule has 2 aromatic carbocycles. The highest BCUT2D eigenvalue weighted by Gasteiger charge is 2.14. The second-order valence-electron chi connectivity index (χ2n) is 6.38. The zero-order valence-corrected chi connectivity index (χ0v) is 16.4. The van der Waals surface area contributed by atoms with Gasteiger partial charge in [-0.05, 0) is 42.5 Å². The molecule has 4 heterocycles. The average molecular weight is 416 g/mol. The quantitative estimate of drug-likeness (QED) is 0.368. The number of benzene rings is 2. The van der Waals surface area contributed by atoms with Crippen molar-refractivity contribution >= 4 is 77.1 Å². The highest BCUT2D eigenvalue weighted by atomic mass is 32.1. The first-order valence-electron chi connectivity index (χ1n) is 8.78. The summed E-state index contributed by atoms with van der Waals surface area (Å²) >= 11 is 3.21. The summed E-state index contributed by atoms with van der Waals surface area (Å²) in [6, 6.07) is 13.9. The van der Waals surface area contributed by atoms with Gasteiger partial charge >= 0.3 is 0 Å². The largest absolute Gasteiger partial charge is 0.460 e. The Morgan fingerprint density at radius 3 is 2.45 bits per heavy atom. The van der Waals surface area contributed by atoms with Gasteiger partial charge in [-0.15, -0.1) is 32.9 Å². The normalized spacial score (nSPS) is 11.4. The molecule has 29 heavy (non-hydrogen) atoms. The molecule has 4 aromatic heterocycles. The molecule has 0 aliphatic carbocycles. The van der Waals surface area contributed by atoms with E-state index in [0.717, 1.165) is 37.2 Å². The molecule has 0 atom stereocenters. The second kappa shape index (κ2) is 6.50. The molecule has 140 valence electrons. The number of hydrogen-bond acceptors (Lipinski definition) is 9. The van der Waals surface area contributed by atoms with Gasteiger partial charge in [0.25, 0.3) is 0 Å². The summed E-state index contributed by atoms with van der Waals surface area (Å²) in [4.78, 5) is 8.67. The van der Waals surface area contributed by atoms with Gasteiger partial charge in [-0.2, -0.15) is 0 Å². The molecule has 6 rings (SSSR count). The summed E-state index contributed by atoms with van der Waals surface area (Å²) in [6.45, 7) is 0. The van der Waals surface area contributed by atoms with Crippen LogP contribution in [-0.2, 0) is 0 Å². The van der Waals surface area contributed by atoms with Gasteiger partial charge in [0, 0.05) is 11.4 Å². The van der Waals surface area contributed by atoms with Crippen LogP contribution < -0.4 is 10.6 Å². The van der Waals surface area contributed by atoms with E-state index in [1.165, 1.54) is 0 Å². The zero-order valence-electron chi connectivity index (χ0n) is 14.8. The van der Waals surface area contributed by atoms with Crippen LogP contribution in [0, 0.1) is 0 Å². The molecule has 0 radical (unpaired) electrons. The molecule has 9 heteroatoms. The van der Waals surface area contributed by atoms with E-state index in [2.05, 4.69) is 30.8 Å². The number of fused-ring (bicyclic) bond motifs is 3. The molecule has 0 bridgehead atoms. The molecule has 0 aliphatic rings. The van der Waals surface area contributed by atoms with Crippen LogP contribution in [0.4, 0.5) is 23.0 Å². The van der Waals surface area contributed by atoms with Crippen LogP contribution in [-0.4, -0.2) is 20.2 Å². The van der Waals surface area contributed by atoms with E-state index in [9.17, 15) is 0 Å². The van der Waals surface area contributed by atoms with Crippen LogP contribution in [0.5, 0.6) is 0 Å². The Kier molecular flexibility index (Phi) is 3.68. The molecular weight excluding hydrogens is 404 g/mol. The third-order valence-corrected chi connectivity index (χ3v) is 6.17. The van der Waals surface area contributed by atoms with Gasteiger partial charge in [-0.3, -0.25) is 0 Å². The Morgan fingerprint density at radius 1 is 0.724 bits per heavy atom. The molecule has 0 unspecified atom stereocenters. The third-order valence-electron chi connectivity index (χ3n) is 4.57. The van der Waals surface area contributed by atoms with Crippen molar-refractivity contribution in [2.75, 3.05) is 10.6 Å². The summed E-state index contributed by atoms with van der Waals surface area (Å²) < 4.78 is 7.96. The number of anilines is 4. The fourth-order valence-corrected chi connectivity index (χ4v) is 4.57. The van der Waals surface area contributed by atoms with E-state index >= 15 is 0 Å². The number of hydrogen-bond donors (Lipinski definition) is 2.